The fourth-order valence-corrected chi connectivity index (χ4v) is 3.78. The molecule has 6 heteroatoms. The molecule has 2 aromatic rings. The zero-order chi connectivity index (χ0) is 14.8. The van der Waals surface area contributed by atoms with E-state index in [1.54, 1.807) is 19.1 Å². The minimum absolute atomic E-state index is 0.195. The van der Waals surface area contributed by atoms with E-state index in [1.165, 1.54) is 12.1 Å². The summed E-state index contributed by atoms with van der Waals surface area (Å²) >= 11 is 9.18. The van der Waals surface area contributed by atoms with Gasteiger partial charge in [0, 0.05) is 15.5 Å². The van der Waals surface area contributed by atoms with Gasteiger partial charge in [-0.05, 0) is 42.8 Å². The first kappa shape index (κ1) is 15.5. The molecule has 0 aliphatic heterocycles. The lowest BCUT2D eigenvalue weighted by Gasteiger charge is -2.16. The molecule has 0 aliphatic carbocycles. The Morgan fingerprint density at radius 3 is 2.30 bits per heavy atom. The van der Waals surface area contributed by atoms with Crippen molar-refractivity contribution < 1.29 is 8.42 Å². The van der Waals surface area contributed by atoms with E-state index < -0.39 is 10.0 Å². The molecule has 0 bridgehead atoms. The van der Waals surface area contributed by atoms with Crippen molar-refractivity contribution in [2.75, 3.05) is 0 Å². The quantitative estimate of drug-likeness (QED) is 0.874. The number of halogens is 2. The van der Waals surface area contributed by atoms with Crippen LogP contribution in [0.2, 0.25) is 5.02 Å². The Kier molecular flexibility index (Phi) is 4.86. The Morgan fingerprint density at radius 2 is 1.70 bits per heavy atom. The van der Waals surface area contributed by atoms with Gasteiger partial charge in [0.25, 0.3) is 0 Å². The summed E-state index contributed by atoms with van der Waals surface area (Å²) in [5.41, 5.74) is 0.880. The highest BCUT2D eigenvalue weighted by Crippen LogP contribution is 2.24. The minimum Gasteiger partial charge on any atom is -0.207 e. The molecule has 0 saturated heterocycles. The maximum atomic E-state index is 12.3. The van der Waals surface area contributed by atoms with Crippen LogP contribution >= 0.6 is 27.5 Å². The number of nitrogens with one attached hydrogen (secondary N) is 1. The van der Waals surface area contributed by atoms with E-state index in [9.17, 15) is 8.42 Å². The van der Waals surface area contributed by atoms with Crippen molar-refractivity contribution in [2.45, 2.75) is 17.9 Å². The Morgan fingerprint density at radius 1 is 1.10 bits per heavy atom. The number of hydrogen-bond acceptors (Lipinski definition) is 2. The highest BCUT2D eigenvalue weighted by Gasteiger charge is 2.19. The first-order chi connectivity index (χ1) is 9.40. The monoisotopic (exact) mass is 373 g/mol. The molecule has 0 radical (unpaired) electrons. The molecule has 20 heavy (non-hydrogen) atoms. The van der Waals surface area contributed by atoms with Crippen LogP contribution in [-0.2, 0) is 10.0 Å². The van der Waals surface area contributed by atoms with Crippen LogP contribution < -0.4 is 4.72 Å². The van der Waals surface area contributed by atoms with E-state index in [1.807, 2.05) is 24.3 Å². The fourth-order valence-electron chi connectivity index (χ4n) is 1.80. The van der Waals surface area contributed by atoms with Gasteiger partial charge in [0.15, 0.2) is 0 Å². The third-order valence-corrected chi connectivity index (χ3v) is 5.36. The van der Waals surface area contributed by atoms with E-state index in [0.717, 1.165) is 10.0 Å². The molecule has 2 rings (SSSR count). The molecule has 0 aliphatic rings. The average molecular weight is 375 g/mol. The van der Waals surface area contributed by atoms with Crippen molar-refractivity contribution >= 4 is 37.6 Å². The first-order valence-corrected chi connectivity index (χ1v) is 8.58. The van der Waals surface area contributed by atoms with Gasteiger partial charge in [0.2, 0.25) is 10.0 Å². The van der Waals surface area contributed by atoms with Gasteiger partial charge in [-0.1, -0.05) is 45.7 Å². The lowest BCUT2D eigenvalue weighted by molar-refractivity contribution is 0.566. The maximum absolute atomic E-state index is 12.3. The molecule has 0 amide bonds. The lowest BCUT2D eigenvalue weighted by atomic mass is 10.1. The second-order valence-corrected chi connectivity index (χ2v) is 7.32. The summed E-state index contributed by atoms with van der Waals surface area (Å²) in [6.45, 7) is 1.80. The standard InChI is InChI=1S/C14H13BrClNO2S/c1-10(13-4-2-3-5-14(13)15)17-20(18,19)12-8-6-11(16)7-9-12/h2-10,17H,1H3/t10-/m0/s1. The van der Waals surface area contributed by atoms with Crippen LogP contribution in [0.15, 0.2) is 57.9 Å². The molecule has 0 heterocycles. The smallest absolute Gasteiger partial charge is 0.207 e. The Hall–Kier alpha value is -0.880. The number of sulfonamides is 1. The third-order valence-electron chi connectivity index (χ3n) is 2.83. The van der Waals surface area contributed by atoms with Crippen LogP contribution in [0.25, 0.3) is 0 Å². The topological polar surface area (TPSA) is 46.2 Å². The molecule has 0 fully saturated rings. The minimum atomic E-state index is -3.57. The van der Waals surface area contributed by atoms with E-state index >= 15 is 0 Å². The van der Waals surface area contributed by atoms with E-state index in [0.29, 0.717) is 5.02 Å². The summed E-state index contributed by atoms with van der Waals surface area (Å²) in [7, 11) is -3.57. The van der Waals surface area contributed by atoms with Gasteiger partial charge in [-0.15, -0.1) is 0 Å². The van der Waals surface area contributed by atoms with Gasteiger partial charge in [0.05, 0.1) is 4.90 Å². The maximum Gasteiger partial charge on any atom is 0.241 e. The molecule has 2 aromatic carbocycles. The van der Waals surface area contributed by atoms with Gasteiger partial charge in [-0.25, -0.2) is 13.1 Å². The highest BCUT2D eigenvalue weighted by atomic mass is 79.9. The first-order valence-electron chi connectivity index (χ1n) is 5.92. The molecular formula is C14H13BrClNO2S. The predicted molar refractivity (Wildman–Crippen MR) is 84.3 cm³/mol. The summed E-state index contributed by atoms with van der Waals surface area (Å²) in [4.78, 5) is 0.195. The van der Waals surface area contributed by atoms with Crippen molar-refractivity contribution in [2.24, 2.45) is 0 Å². The Bertz CT molecular complexity index is 701. The van der Waals surface area contributed by atoms with Crippen LogP contribution in [0.4, 0.5) is 0 Å². The van der Waals surface area contributed by atoms with Crippen LogP contribution in [-0.4, -0.2) is 8.42 Å². The van der Waals surface area contributed by atoms with Crippen molar-refractivity contribution in [3.63, 3.8) is 0 Å². The van der Waals surface area contributed by atoms with Crippen molar-refractivity contribution in [1.29, 1.82) is 0 Å². The average Bonchev–Trinajstić information content (AvgIpc) is 2.39. The number of hydrogen-bond donors (Lipinski definition) is 1. The van der Waals surface area contributed by atoms with E-state index in [-0.39, 0.29) is 10.9 Å². The normalized spacial score (nSPS) is 13.2. The van der Waals surface area contributed by atoms with Gasteiger partial charge in [-0.3, -0.25) is 0 Å². The van der Waals surface area contributed by atoms with Crippen LogP contribution in [0.3, 0.4) is 0 Å². The predicted octanol–water partition coefficient (Wildman–Crippen LogP) is 4.14. The van der Waals surface area contributed by atoms with E-state index in [2.05, 4.69) is 20.7 Å². The largest absolute Gasteiger partial charge is 0.241 e. The molecule has 0 saturated carbocycles. The molecule has 0 unspecified atom stereocenters. The summed E-state index contributed by atoms with van der Waals surface area (Å²) in [5.74, 6) is 0. The molecule has 1 atom stereocenters. The Labute approximate surface area is 132 Å². The molecule has 106 valence electrons. The highest BCUT2D eigenvalue weighted by molar-refractivity contribution is 9.10. The second kappa shape index (κ2) is 6.26. The summed E-state index contributed by atoms with van der Waals surface area (Å²) < 4.78 is 28.1. The fraction of sp³-hybridized carbons (Fsp3) is 0.143. The van der Waals surface area contributed by atoms with Crippen molar-refractivity contribution in [1.82, 2.24) is 4.72 Å². The molecule has 3 nitrogen and oxygen atoms in total. The molecular weight excluding hydrogens is 362 g/mol. The zero-order valence-electron chi connectivity index (χ0n) is 10.7. The zero-order valence-corrected chi connectivity index (χ0v) is 13.8. The second-order valence-electron chi connectivity index (χ2n) is 4.32. The van der Waals surface area contributed by atoms with Crippen LogP contribution in [0, 0.1) is 0 Å². The van der Waals surface area contributed by atoms with Gasteiger partial charge < -0.3 is 0 Å². The number of benzene rings is 2. The Balaban J connectivity index is 2.24. The van der Waals surface area contributed by atoms with Gasteiger partial charge in [0.1, 0.15) is 0 Å². The SMILES string of the molecule is C[C@H](NS(=O)(=O)c1ccc(Cl)cc1)c1ccccc1Br. The van der Waals surface area contributed by atoms with Gasteiger partial charge >= 0.3 is 0 Å². The van der Waals surface area contributed by atoms with E-state index in [4.69, 9.17) is 11.6 Å². The lowest BCUT2D eigenvalue weighted by Crippen LogP contribution is -2.27. The van der Waals surface area contributed by atoms with Crippen molar-refractivity contribution in [3.05, 3.63) is 63.6 Å². The van der Waals surface area contributed by atoms with Crippen LogP contribution in [0.1, 0.15) is 18.5 Å². The number of rotatable bonds is 4. The van der Waals surface area contributed by atoms with Crippen LogP contribution in [0.5, 0.6) is 0 Å². The molecule has 0 aromatic heterocycles. The summed E-state index contributed by atoms with van der Waals surface area (Å²) in [6.07, 6.45) is 0. The molecule has 1 N–H and O–H groups in total. The third kappa shape index (κ3) is 3.61. The van der Waals surface area contributed by atoms with Crippen molar-refractivity contribution in [3.8, 4) is 0 Å². The van der Waals surface area contributed by atoms with Gasteiger partial charge in [-0.2, -0.15) is 0 Å². The summed E-state index contributed by atoms with van der Waals surface area (Å²) in [6, 6.07) is 13.2. The molecule has 0 spiro atoms. The summed E-state index contributed by atoms with van der Waals surface area (Å²) in [5, 5.41) is 0.503.